The summed E-state index contributed by atoms with van der Waals surface area (Å²) in [6.45, 7) is 16.8. The molecule has 0 heterocycles. The van der Waals surface area contributed by atoms with E-state index in [9.17, 15) is 9.46 Å². The first-order valence-electron chi connectivity index (χ1n) is 18.6. The summed E-state index contributed by atoms with van der Waals surface area (Å²) in [4.78, 5) is 9.84. The van der Waals surface area contributed by atoms with Crippen molar-refractivity contribution in [3.63, 3.8) is 0 Å². The monoisotopic (exact) mass is 666 g/mol. The second kappa shape index (κ2) is 16.0. The van der Waals surface area contributed by atoms with Crippen molar-refractivity contribution in [3.05, 3.63) is 23.8 Å². The van der Waals surface area contributed by atoms with E-state index in [1.807, 2.05) is 21.1 Å². The number of allylic oxidation sites excluding steroid dienone is 3. The molecule has 0 aromatic rings. The SMILES string of the molecule is CC[C@H](C=C[C@@H](C)[C@H]1CCC2C3CC=C4C[C@@H](OCCOCCOP(=O)(O)OCC[N+](C)(C)C)CC[C@]4(C)C3CC[C@@]21C)C(C)C. The maximum Gasteiger partial charge on any atom is 0.472 e. The van der Waals surface area contributed by atoms with Gasteiger partial charge in [-0.1, -0.05) is 65.3 Å². The zero-order chi connectivity index (χ0) is 33.8. The number of hydrogen-bond donors (Lipinski definition) is 1. The highest BCUT2D eigenvalue weighted by atomic mass is 31.2. The Bertz CT molecular complexity index is 1090. The number of rotatable bonds is 17. The van der Waals surface area contributed by atoms with Gasteiger partial charge in [0.25, 0.3) is 0 Å². The van der Waals surface area contributed by atoms with Crippen molar-refractivity contribution in [2.45, 2.75) is 105 Å². The molecule has 10 atom stereocenters. The van der Waals surface area contributed by atoms with Gasteiger partial charge in [0.1, 0.15) is 13.2 Å². The topological polar surface area (TPSA) is 74.2 Å². The largest absolute Gasteiger partial charge is 0.472 e. The van der Waals surface area contributed by atoms with E-state index in [0.717, 1.165) is 42.4 Å². The van der Waals surface area contributed by atoms with Crippen molar-refractivity contribution < 1.29 is 32.5 Å². The predicted molar refractivity (Wildman–Crippen MR) is 187 cm³/mol. The molecule has 0 amide bonds. The fourth-order valence-electron chi connectivity index (χ4n) is 10.0. The van der Waals surface area contributed by atoms with Gasteiger partial charge in [0.2, 0.25) is 0 Å². The smallest absolute Gasteiger partial charge is 0.377 e. The molecule has 0 aromatic carbocycles. The Morgan fingerprint density at radius 3 is 2.37 bits per heavy atom. The summed E-state index contributed by atoms with van der Waals surface area (Å²) in [5, 5.41) is 0. The second-order valence-electron chi connectivity index (χ2n) is 17.0. The van der Waals surface area contributed by atoms with Crippen LogP contribution in [-0.2, 0) is 23.1 Å². The first-order chi connectivity index (χ1) is 21.6. The summed E-state index contributed by atoms with van der Waals surface area (Å²) in [5.41, 5.74) is 2.45. The number of ether oxygens (including phenoxy) is 2. The van der Waals surface area contributed by atoms with Crippen LogP contribution < -0.4 is 0 Å². The average molecular weight is 667 g/mol. The predicted octanol–water partition coefficient (Wildman–Crippen LogP) is 8.68. The van der Waals surface area contributed by atoms with Gasteiger partial charge in [-0.05, 0) is 110 Å². The van der Waals surface area contributed by atoms with Crippen molar-refractivity contribution >= 4 is 7.82 Å². The molecular weight excluding hydrogens is 597 g/mol. The van der Waals surface area contributed by atoms with Gasteiger partial charge in [0, 0.05) is 0 Å². The molecule has 0 saturated heterocycles. The van der Waals surface area contributed by atoms with Gasteiger partial charge in [0.15, 0.2) is 0 Å². The Morgan fingerprint density at radius 1 is 0.957 bits per heavy atom. The molecule has 266 valence electrons. The van der Waals surface area contributed by atoms with E-state index in [1.54, 1.807) is 5.57 Å². The van der Waals surface area contributed by atoms with Crippen molar-refractivity contribution in [1.29, 1.82) is 0 Å². The minimum absolute atomic E-state index is 0.0171. The van der Waals surface area contributed by atoms with E-state index < -0.39 is 7.82 Å². The average Bonchev–Trinajstić information content (AvgIpc) is 3.33. The van der Waals surface area contributed by atoms with Crippen LogP contribution in [-0.4, -0.2) is 76.2 Å². The van der Waals surface area contributed by atoms with Gasteiger partial charge in [-0.3, -0.25) is 9.05 Å². The highest BCUT2D eigenvalue weighted by Gasteiger charge is 2.59. The van der Waals surface area contributed by atoms with Crippen LogP contribution >= 0.6 is 7.82 Å². The number of phosphoric acid groups is 1. The van der Waals surface area contributed by atoms with Crippen LogP contribution in [0.4, 0.5) is 0 Å². The molecule has 0 bridgehead atoms. The zero-order valence-corrected chi connectivity index (χ0v) is 31.7. The van der Waals surface area contributed by atoms with Crippen LogP contribution in [0.2, 0.25) is 0 Å². The number of quaternary nitrogens is 1. The highest BCUT2D eigenvalue weighted by Crippen LogP contribution is 2.67. The van der Waals surface area contributed by atoms with Crippen LogP contribution in [0.3, 0.4) is 0 Å². The Hall–Kier alpha value is -0.530. The molecular formula is C38H69NO6P+. The molecule has 7 nitrogen and oxygen atoms in total. The molecule has 1 N–H and O–H groups in total. The number of fused-ring (bicyclic) bond motifs is 5. The first-order valence-corrected chi connectivity index (χ1v) is 20.1. The third kappa shape index (κ3) is 9.37. The van der Waals surface area contributed by atoms with Crippen molar-refractivity contribution in [3.8, 4) is 0 Å². The fourth-order valence-corrected chi connectivity index (χ4v) is 10.7. The van der Waals surface area contributed by atoms with Gasteiger partial charge in [-0.2, -0.15) is 0 Å². The third-order valence-corrected chi connectivity index (χ3v) is 13.9. The van der Waals surface area contributed by atoms with Crippen LogP contribution in [0.15, 0.2) is 23.8 Å². The highest BCUT2D eigenvalue weighted by molar-refractivity contribution is 7.47. The Kier molecular flexibility index (Phi) is 13.3. The van der Waals surface area contributed by atoms with Gasteiger partial charge in [-0.25, -0.2) is 4.57 Å². The maximum absolute atomic E-state index is 12.0. The summed E-state index contributed by atoms with van der Waals surface area (Å²) < 4.78 is 34.7. The zero-order valence-electron chi connectivity index (χ0n) is 30.8. The van der Waals surface area contributed by atoms with E-state index in [1.165, 1.54) is 44.9 Å². The molecule has 46 heavy (non-hydrogen) atoms. The van der Waals surface area contributed by atoms with E-state index in [-0.39, 0.29) is 25.9 Å². The molecule has 0 radical (unpaired) electrons. The van der Waals surface area contributed by atoms with Crippen molar-refractivity contribution in [2.24, 2.45) is 52.3 Å². The molecule has 4 unspecified atom stereocenters. The van der Waals surface area contributed by atoms with Crippen molar-refractivity contribution in [2.75, 3.05) is 60.7 Å². The Morgan fingerprint density at radius 2 is 1.67 bits per heavy atom. The molecule has 0 aliphatic heterocycles. The summed E-state index contributed by atoms with van der Waals surface area (Å²) in [6, 6.07) is 0. The van der Waals surface area contributed by atoms with Crippen LogP contribution in [0.5, 0.6) is 0 Å². The maximum atomic E-state index is 12.0. The molecule has 4 rings (SSSR count). The number of hydrogen-bond acceptors (Lipinski definition) is 5. The molecule has 0 spiro atoms. The van der Waals surface area contributed by atoms with Crippen LogP contribution in [0.1, 0.15) is 99.3 Å². The molecule has 3 fully saturated rings. The lowest BCUT2D eigenvalue weighted by Gasteiger charge is -2.58. The van der Waals surface area contributed by atoms with E-state index >= 15 is 0 Å². The van der Waals surface area contributed by atoms with Gasteiger partial charge >= 0.3 is 7.82 Å². The number of phosphoric ester groups is 1. The van der Waals surface area contributed by atoms with Crippen molar-refractivity contribution in [1.82, 2.24) is 0 Å². The first kappa shape index (κ1) is 38.3. The quantitative estimate of drug-likeness (QED) is 0.0725. The summed E-state index contributed by atoms with van der Waals surface area (Å²) in [6.07, 6.45) is 19.5. The second-order valence-corrected chi connectivity index (χ2v) is 18.5. The van der Waals surface area contributed by atoms with E-state index in [4.69, 9.17) is 18.5 Å². The molecule has 3 saturated carbocycles. The normalized spacial score (nSPS) is 35.7. The van der Waals surface area contributed by atoms with Crippen LogP contribution in [0, 0.1) is 52.3 Å². The summed E-state index contributed by atoms with van der Waals surface area (Å²) in [7, 11) is 1.96. The van der Waals surface area contributed by atoms with E-state index in [2.05, 4.69) is 59.8 Å². The summed E-state index contributed by atoms with van der Waals surface area (Å²) >= 11 is 0. The minimum Gasteiger partial charge on any atom is -0.377 e. The molecule has 4 aliphatic rings. The number of nitrogens with zero attached hydrogens (tertiary/aromatic N) is 1. The van der Waals surface area contributed by atoms with Gasteiger partial charge in [-0.15, -0.1) is 0 Å². The molecule has 0 aromatic heterocycles. The van der Waals surface area contributed by atoms with Gasteiger partial charge < -0.3 is 18.9 Å². The lowest BCUT2D eigenvalue weighted by atomic mass is 9.47. The standard InChI is InChI=1S/C38H68NO6P/c1-10-30(28(2)3)12-11-29(4)34-15-16-35-33-14-13-31-27-32(17-19-37(31,5)36(33)18-20-38(34,35)6)43-25-23-42-24-26-45-46(40,41)44-22-21-39(7,8)9/h11-13,28-30,32-36H,10,14-27H2,1-9H3/p+1/t29-,30-,32+,33?,34-,35?,36?,37+,38-/m1/s1. The number of likely N-dealkylation sites (N-methyl/N-ethyl adjacent to an activating group) is 1. The van der Waals surface area contributed by atoms with Crippen LogP contribution in [0.25, 0.3) is 0 Å². The van der Waals surface area contributed by atoms with Gasteiger partial charge in [0.05, 0.1) is 53.7 Å². The Balaban J connectivity index is 1.21. The lowest BCUT2D eigenvalue weighted by Crippen LogP contribution is -2.51. The minimum atomic E-state index is -4.05. The third-order valence-electron chi connectivity index (χ3n) is 12.8. The molecule has 8 heteroatoms. The fraction of sp³-hybridized carbons (Fsp3) is 0.895. The lowest BCUT2D eigenvalue weighted by molar-refractivity contribution is -0.870. The molecule has 4 aliphatic carbocycles. The summed E-state index contributed by atoms with van der Waals surface area (Å²) in [5.74, 6) is 5.41. The van der Waals surface area contributed by atoms with E-state index in [0.29, 0.717) is 46.9 Å². The Labute approximate surface area is 282 Å².